The van der Waals surface area contributed by atoms with E-state index in [4.69, 9.17) is 0 Å². The molecule has 1 aliphatic carbocycles. The zero-order valence-electron chi connectivity index (χ0n) is 12.0. The lowest BCUT2D eigenvalue weighted by Gasteiger charge is -2.30. The van der Waals surface area contributed by atoms with Crippen molar-refractivity contribution in [2.45, 2.75) is 58.4 Å². The van der Waals surface area contributed by atoms with Crippen molar-refractivity contribution in [3.63, 3.8) is 0 Å². The second-order valence-electron chi connectivity index (χ2n) is 5.09. The molecule has 1 fully saturated rings. The molecule has 0 unspecified atom stereocenters. The number of hydrogen-bond acceptors (Lipinski definition) is 5. The van der Waals surface area contributed by atoms with Crippen LogP contribution in [0.15, 0.2) is 0 Å². The Kier molecular flexibility index (Phi) is 4.45. The topological polar surface area (TPSA) is 59.0 Å². The maximum Gasteiger partial charge on any atom is 0.245 e. The lowest BCUT2D eigenvalue weighted by Crippen LogP contribution is -2.36. The molecule has 104 valence electrons. The Hall–Kier alpha value is -1.52. The van der Waals surface area contributed by atoms with E-state index in [0.717, 1.165) is 37.1 Å². The summed E-state index contributed by atoms with van der Waals surface area (Å²) < 4.78 is 0. The highest BCUT2D eigenvalue weighted by Gasteiger charge is 2.24. The van der Waals surface area contributed by atoms with Gasteiger partial charge in [-0.3, -0.25) is 4.79 Å². The number of ketones is 1. The fourth-order valence-corrected chi connectivity index (χ4v) is 2.55. The fraction of sp³-hybridized carbons (Fsp3) is 0.714. The number of aryl methyl sites for hydroxylation is 2. The zero-order chi connectivity index (χ0) is 13.8. The average Bonchev–Trinajstić information content (AvgIpc) is 2.46. The lowest BCUT2D eigenvalue weighted by molar-refractivity contribution is -0.120. The van der Waals surface area contributed by atoms with E-state index < -0.39 is 0 Å². The second-order valence-corrected chi connectivity index (χ2v) is 5.09. The molecule has 0 radical (unpaired) electrons. The van der Waals surface area contributed by atoms with Crippen molar-refractivity contribution in [2.24, 2.45) is 0 Å². The summed E-state index contributed by atoms with van der Waals surface area (Å²) in [5.41, 5.74) is 2.02. The summed E-state index contributed by atoms with van der Waals surface area (Å²) >= 11 is 0. The van der Waals surface area contributed by atoms with Gasteiger partial charge in [-0.05, 0) is 25.7 Å². The molecule has 0 N–H and O–H groups in total. The third-order valence-electron chi connectivity index (χ3n) is 3.87. The number of anilines is 1. The van der Waals surface area contributed by atoms with E-state index in [1.54, 1.807) is 0 Å². The van der Waals surface area contributed by atoms with Crippen molar-refractivity contribution in [3.05, 3.63) is 11.4 Å². The maximum absolute atomic E-state index is 11.3. The van der Waals surface area contributed by atoms with Crippen molar-refractivity contribution in [1.82, 2.24) is 15.2 Å². The number of rotatable bonds is 4. The Balaban J connectivity index is 2.14. The predicted molar refractivity (Wildman–Crippen MR) is 74.2 cm³/mol. The van der Waals surface area contributed by atoms with Gasteiger partial charge in [0.25, 0.3) is 0 Å². The minimum Gasteiger partial charge on any atom is -0.340 e. The van der Waals surface area contributed by atoms with Crippen LogP contribution in [0.4, 0.5) is 5.95 Å². The highest BCUT2D eigenvalue weighted by Crippen LogP contribution is 2.22. The Morgan fingerprint density at radius 3 is 2.32 bits per heavy atom. The molecular weight excluding hydrogens is 240 g/mol. The van der Waals surface area contributed by atoms with Crippen LogP contribution in [0.5, 0.6) is 0 Å². The zero-order valence-corrected chi connectivity index (χ0v) is 12.0. The molecule has 5 nitrogen and oxygen atoms in total. The van der Waals surface area contributed by atoms with E-state index in [9.17, 15) is 4.79 Å². The van der Waals surface area contributed by atoms with Crippen LogP contribution in [0.3, 0.4) is 0 Å². The lowest BCUT2D eigenvalue weighted by atomic mass is 9.93. The van der Waals surface area contributed by atoms with E-state index in [1.807, 2.05) is 7.05 Å². The van der Waals surface area contributed by atoms with E-state index >= 15 is 0 Å². The Morgan fingerprint density at radius 1 is 1.11 bits per heavy atom. The summed E-state index contributed by atoms with van der Waals surface area (Å²) in [6, 6.07) is 0.358. The van der Waals surface area contributed by atoms with Gasteiger partial charge in [-0.1, -0.05) is 13.8 Å². The molecule has 0 amide bonds. The van der Waals surface area contributed by atoms with E-state index in [1.165, 1.54) is 0 Å². The molecule has 0 atom stereocenters. The molecular formula is C14H22N4O. The third kappa shape index (κ3) is 3.08. The van der Waals surface area contributed by atoms with E-state index in [2.05, 4.69) is 33.9 Å². The van der Waals surface area contributed by atoms with Crippen LogP contribution in [-0.2, 0) is 17.6 Å². The van der Waals surface area contributed by atoms with Crippen molar-refractivity contribution >= 4 is 11.7 Å². The van der Waals surface area contributed by atoms with Crippen molar-refractivity contribution < 1.29 is 4.79 Å². The van der Waals surface area contributed by atoms with Gasteiger partial charge in [0.1, 0.15) is 5.78 Å². The Labute approximate surface area is 114 Å². The molecule has 19 heavy (non-hydrogen) atoms. The monoisotopic (exact) mass is 262 g/mol. The van der Waals surface area contributed by atoms with Crippen LogP contribution >= 0.6 is 0 Å². The SMILES string of the molecule is CCc1nnc(N(C)C2CCC(=O)CC2)nc1CC. The number of aromatic nitrogens is 3. The summed E-state index contributed by atoms with van der Waals surface area (Å²) in [5, 5.41) is 8.51. The van der Waals surface area contributed by atoms with Gasteiger partial charge in [0.15, 0.2) is 0 Å². The number of carbonyl (C=O) groups is 1. The van der Waals surface area contributed by atoms with Gasteiger partial charge in [0.05, 0.1) is 11.4 Å². The molecule has 0 aromatic carbocycles. The van der Waals surface area contributed by atoms with Crippen LogP contribution in [0.2, 0.25) is 0 Å². The second kappa shape index (κ2) is 6.08. The van der Waals surface area contributed by atoms with Crippen LogP contribution in [-0.4, -0.2) is 34.1 Å². The molecule has 2 rings (SSSR count). The molecule has 0 aliphatic heterocycles. The summed E-state index contributed by atoms with van der Waals surface area (Å²) in [6.45, 7) is 4.16. The highest BCUT2D eigenvalue weighted by atomic mass is 16.1. The number of Topliss-reactive ketones (excluding diaryl/α,β-unsaturated/α-hetero) is 1. The first-order valence-electron chi connectivity index (χ1n) is 7.12. The minimum absolute atomic E-state index is 0.358. The normalized spacial score (nSPS) is 16.7. The standard InChI is InChI=1S/C14H22N4O/c1-4-12-13(5-2)16-17-14(15-12)18(3)10-6-8-11(19)9-7-10/h10H,4-9H2,1-3H3. The first kappa shape index (κ1) is 13.9. The van der Waals surface area contributed by atoms with Gasteiger partial charge in [-0.25, -0.2) is 4.98 Å². The molecule has 1 heterocycles. The first-order chi connectivity index (χ1) is 9.15. The third-order valence-corrected chi connectivity index (χ3v) is 3.87. The molecule has 1 aliphatic rings. The summed E-state index contributed by atoms with van der Waals surface area (Å²) in [6.07, 6.45) is 4.89. The van der Waals surface area contributed by atoms with Gasteiger partial charge in [0, 0.05) is 25.9 Å². The first-order valence-corrected chi connectivity index (χ1v) is 7.12. The fourth-order valence-electron chi connectivity index (χ4n) is 2.55. The average molecular weight is 262 g/mol. The van der Waals surface area contributed by atoms with Crippen LogP contribution in [0.1, 0.15) is 50.9 Å². The van der Waals surface area contributed by atoms with Crippen LogP contribution < -0.4 is 4.90 Å². The highest BCUT2D eigenvalue weighted by molar-refractivity contribution is 5.79. The Bertz CT molecular complexity index is 451. The molecule has 1 saturated carbocycles. The van der Waals surface area contributed by atoms with Crippen molar-refractivity contribution in [2.75, 3.05) is 11.9 Å². The summed E-state index contributed by atoms with van der Waals surface area (Å²) in [5.74, 6) is 1.06. The largest absolute Gasteiger partial charge is 0.340 e. The van der Waals surface area contributed by atoms with Gasteiger partial charge in [0.2, 0.25) is 5.95 Å². The van der Waals surface area contributed by atoms with Crippen molar-refractivity contribution in [1.29, 1.82) is 0 Å². The molecule has 0 spiro atoms. The maximum atomic E-state index is 11.3. The van der Waals surface area contributed by atoms with Gasteiger partial charge >= 0.3 is 0 Å². The van der Waals surface area contributed by atoms with Crippen molar-refractivity contribution in [3.8, 4) is 0 Å². The predicted octanol–water partition coefficient (Wildman–Crippen LogP) is 1.94. The van der Waals surface area contributed by atoms with Crippen LogP contribution in [0.25, 0.3) is 0 Å². The smallest absolute Gasteiger partial charge is 0.245 e. The van der Waals surface area contributed by atoms with Crippen LogP contribution in [0, 0.1) is 0 Å². The number of nitrogens with zero attached hydrogens (tertiary/aromatic N) is 4. The van der Waals surface area contributed by atoms with E-state index in [-0.39, 0.29) is 0 Å². The molecule has 0 bridgehead atoms. The van der Waals surface area contributed by atoms with Gasteiger partial charge in [-0.2, -0.15) is 5.10 Å². The molecule has 0 saturated heterocycles. The summed E-state index contributed by atoms with van der Waals surface area (Å²) in [4.78, 5) is 18.0. The quantitative estimate of drug-likeness (QED) is 0.830. The number of hydrogen-bond donors (Lipinski definition) is 0. The summed E-state index contributed by atoms with van der Waals surface area (Å²) in [7, 11) is 2.00. The van der Waals surface area contributed by atoms with Gasteiger partial charge < -0.3 is 4.90 Å². The minimum atomic E-state index is 0.358. The molecule has 1 aromatic heterocycles. The van der Waals surface area contributed by atoms with E-state index in [0.29, 0.717) is 30.6 Å². The molecule has 1 aromatic rings. The Morgan fingerprint density at radius 2 is 1.74 bits per heavy atom. The van der Waals surface area contributed by atoms with Gasteiger partial charge in [-0.15, -0.1) is 5.10 Å². The molecule has 5 heteroatoms. The number of carbonyl (C=O) groups excluding carboxylic acids is 1.